The van der Waals surface area contributed by atoms with Gasteiger partial charge in [0.05, 0.1) is 7.11 Å². The number of hydrogen-bond donors (Lipinski definition) is 1. The van der Waals surface area contributed by atoms with Gasteiger partial charge in [-0.1, -0.05) is 36.4 Å². The number of esters is 1. The minimum absolute atomic E-state index is 0.201. The molecule has 0 atom stereocenters. The molecule has 2 aromatic rings. The molecule has 3 nitrogen and oxygen atoms in total. The van der Waals surface area contributed by atoms with Crippen molar-refractivity contribution in [3.8, 4) is 0 Å². The summed E-state index contributed by atoms with van der Waals surface area (Å²) in [5.74, 6) is 0.646. The van der Waals surface area contributed by atoms with Crippen LogP contribution in [0.2, 0.25) is 0 Å². The van der Waals surface area contributed by atoms with E-state index in [9.17, 15) is 4.79 Å². The first-order valence-electron chi connectivity index (χ1n) is 12.8. The van der Waals surface area contributed by atoms with E-state index in [4.69, 9.17) is 4.74 Å². The van der Waals surface area contributed by atoms with E-state index in [-0.39, 0.29) is 5.97 Å². The van der Waals surface area contributed by atoms with E-state index in [0.717, 1.165) is 36.4 Å². The van der Waals surface area contributed by atoms with Gasteiger partial charge in [0.2, 0.25) is 0 Å². The summed E-state index contributed by atoms with van der Waals surface area (Å²) in [5, 5.41) is 3.85. The number of carbonyl (C=O) groups excluding carboxylic acids is 1. The zero-order chi connectivity index (χ0) is 22.5. The van der Waals surface area contributed by atoms with Crippen molar-refractivity contribution in [2.45, 2.75) is 75.5 Å². The van der Waals surface area contributed by atoms with E-state index in [0.29, 0.717) is 10.8 Å². The third kappa shape index (κ3) is 3.80. The monoisotopic (exact) mass is 441 g/mol. The van der Waals surface area contributed by atoms with Crippen molar-refractivity contribution in [2.75, 3.05) is 19.0 Å². The molecule has 3 heteroatoms. The number of fused-ring (bicyclic) bond motifs is 4. The van der Waals surface area contributed by atoms with E-state index in [1.54, 1.807) is 11.1 Å². The second kappa shape index (κ2) is 8.04. The van der Waals surface area contributed by atoms with Gasteiger partial charge in [-0.25, -0.2) is 4.79 Å². The lowest BCUT2D eigenvalue weighted by atomic mass is 9.52. The van der Waals surface area contributed by atoms with Crippen LogP contribution in [0.5, 0.6) is 0 Å². The number of anilines is 1. The van der Waals surface area contributed by atoms with Crippen LogP contribution in [0.15, 0.2) is 48.0 Å². The molecule has 2 aromatic carbocycles. The zero-order valence-electron chi connectivity index (χ0n) is 19.8. The predicted octanol–water partition coefficient (Wildman–Crippen LogP) is 6.77. The smallest absolute Gasteiger partial charge is 0.333 e. The molecule has 0 aliphatic heterocycles. The molecular weight excluding hydrogens is 406 g/mol. The van der Waals surface area contributed by atoms with Crippen molar-refractivity contribution < 1.29 is 9.53 Å². The van der Waals surface area contributed by atoms with Crippen molar-refractivity contribution >= 4 is 17.7 Å². The third-order valence-electron chi connectivity index (χ3n) is 9.26. The Labute approximate surface area is 197 Å². The van der Waals surface area contributed by atoms with Crippen LogP contribution in [-0.4, -0.2) is 19.6 Å². The Bertz CT molecular complexity index is 1070. The summed E-state index contributed by atoms with van der Waals surface area (Å²) in [5.41, 5.74) is 8.54. The fourth-order valence-corrected chi connectivity index (χ4v) is 6.77. The van der Waals surface area contributed by atoms with Crippen molar-refractivity contribution in [1.82, 2.24) is 0 Å². The minimum Gasteiger partial charge on any atom is -0.466 e. The van der Waals surface area contributed by atoms with Gasteiger partial charge in [-0.05, 0) is 115 Å². The molecule has 1 N–H and O–H groups in total. The van der Waals surface area contributed by atoms with E-state index < -0.39 is 0 Å². The van der Waals surface area contributed by atoms with Gasteiger partial charge >= 0.3 is 5.97 Å². The fraction of sp³-hybridized carbons (Fsp3) is 0.500. The molecule has 5 aliphatic rings. The molecule has 0 spiro atoms. The third-order valence-corrected chi connectivity index (χ3v) is 9.26. The maximum absolute atomic E-state index is 12.0. The van der Waals surface area contributed by atoms with Crippen LogP contribution in [0.3, 0.4) is 0 Å². The predicted molar refractivity (Wildman–Crippen MR) is 133 cm³/mol. The molecule has 0 saturated heterocycles. The summed E-state index contributed by atoms with van der Waals surface area (Å²) < 4.78 is 4.93. The van der Waals surface area contributed by atoms with Gasteiger partial charge in [0, 0.05) is 17.8 Å². The summed E-state index contributed by atoms with van der Waals surface area (Å²) >= 11 is 0. The molecule has 5 aliphatic carbocycles. The van der Waals surface area contributed by atoms with Gasteiger partial charge in [-0.2, -0.15) is 0 Å². The van der Waals surface area contributed by atoms with Gasteiger partial charge in [0.15, 0.2) is 0 Å². The molecule has 33 heavy (non-hydrogen) atoms. The molecular formula is C30H35NO2. The first-order chi connectivity index (χ1) is 16.1. The van der Waals surface area contributed by atoms with Crippen LogP contribution < -0.4 is 5.32 Å². The molecule has 2 bridgehead atoms. The number of methoxy groups -OCH3 is 1. The minimum atomic E-state index is -0.201. The molecule has 0 heterocycles. The van der Waals surface area contributed by atoms with Crippen molar-refractivity contribution in [3.05, 3.63) is 70.3 Å². The second-order valence-electron chi connectivity index (χ2n) is 11.1. The summed E-state index contributed by atoms with van der Waals surface area (Å²) in [4.78, 5) is 12.0. The Balaban J connectivity index is 1.13. The quantitative estimate of drug-likeness (QED) is 0.503. The lowest BCUT2D eigenvalue weighted by Gasteiger charge is -2.54. The first-order valence-corrected chi connectivity index (χ1v) is 12.8. The topological polar surface area (TPSA) is 38.3 Å². The molecule has 172 valence electrons. The Morgan fingerprint density at radius 1 is 0.970 bits per heavy atom. The lowest BCUT2D eigenvalue weighted by molar-refractivity contribution is -0.136. The van der Waals surface area contributed by atoms with Gasteiger partial charge in [0.25, 0.3) is 0 Å². The molecule has 0 radical (unpaired) electrons. The molecule has 7 rings (SSSR count). The zero-order valence-corrected chi connectivity index (χ0v) is 19.8. The van der Waals surface area contributed by atoms with E-state index in [2.05, 4.69) is 47.8 Å². The van der Waals surface area contributed by atoms with Gasteiger partial charge < -0.3 is 10.1 Å². The molecule has 4 saturated carbocycles. The van der Waals surface area contributed by atoms with Crippen LogP contribution in [0, 0.1) is 5.41 Å². The summed E-state index contributed by atoms with van der Waals surface area (Å²) in [6.45, 7) is 1.06. The van der Waals surface area contributed by atoms with Gasteiger partial charge in [-0.15, -0.1) is 0 Å². The first kappa shape index (κ1) is 21.0. The van der Waals surface area contributed by atoms with Gasteiger partial charge in [-0.3, -0.25) is 0 Å². The highest BCUT2D eigenvalue weighted by Crippen LogP contribution is 2.58. The van der Waals surface area contributed by atoms with Crippen molar-refractivity contribution in [1.29, 1.82) is 0 Å². The molecule has 4 fully saturated rings. The maximum atomic E-state index is 12.0. The summed E-state index contributed by atoms with van der Waals surface area (Å²) in [7, 11) is 1.46. The van der Waals surface area contributed by atoms with Crippen LogP contribution >= 0.6 is 0 Å². The molecule has 0 aromatic heterocycles. The van der Waals surface area contributed by atoms with Crippen LogP contribution in [0.25, 0.3) is 6.08 Å². The molecule has 0 amide bonds. The van der Waals surface area contributed by atoms with Crippen molar-refractivity contribution in [3.63, 3.8) is 0 Å². The van der Waals surface area contributed by atoms with Gasteiger partial charge in [0.1, 0.15) is 0 Å². The number of nitrogens with one attached hydrogen (secondary N) is 1. The highest BCUT2D eigenvalue weighted by molar-refractivity contribution is 5.95. The average Bonchev–Trinajstić information content (AvgIpc) is 3.73. The largest absolute Gasteiger partial charge is 0.466 e. The van der Waals surface area contributed by atoms with E-state index in [1.165, 1.54) is 69.7 Å². The maximum Gasteiger partial charge on any atom is 0.333 e. The fourth-order valence-electron chi connectivity index (χ4n) is 6.77. The van der Waals surface area contributed by atoms with E-state index in [1.807, 2.05) is 6.08 Å². The average molecular weight is 442 g/mol. The Morgan fingerprint density at radius 3 is 2.36 bits per heavy atom. The Kier molecular flexibility index (Phi) is 5.12. The standard InChI is InChI=1S/C30H35NO2/c1-33-28(32)24-9-12-26-23(19-24)3-2-4-27(26)31-20-29-13-16-30(17-14-29,18-15-29)25-10-7-22(8-11-25)21-5-6-21/h2-4,7-8,10-11,19,21,31H,5-6,9,12-18,20H2,1H3. The van der Waals surface area contributed by atoms with Crippen molar-refractivity contribution in [2.24, 2.45) is 5.41 Å². The summed E-state index contributed by atoms with van der Waals surface area (Å²) in [6.07, 6.45) is 14.4. The number of carbonyl (C=O) groups is 1. The highest BCUT2D eigenvalue weighted by atomic mass is 16.5. The number of ether oxygens (including phenoxy) is 1. The summed E-state index contributed by atoms with van der Waals surface area (Å²) in [6, 6.07) is 16.2. The Morgan fingerprint density at radius 2 is 1.70 bits per heavy atom. The Hall–Kier alpha value is -2.55. The highest BCUT2D eigenvalue weighted by Gasteiger charge is 2.49. The molecule has 0 unspecified atom stereocenters. The van der Waals surface area contributed by atoms with E-state index >= 15 is 0 Å². The number of benzene rings is 2. The van der Waals surface area contributed by atoms with Crippen LogP contribution in [-0.2, 0) is 21.4 Å². The lowest BCUT2D eigenvalue weighted by Crippen LogP contribution is -2.47. The normalized spacial score (nSPS) is 28.1. The van der Waals surface area contributed by atoms with Crippen LogP contribution in [0.1, 0.15) is 86.0 Å². The van der Waals surface area contributed by atoms with Crippen LogP contribution in [0.4, 0.5) is 5.69 Å². The number of hydrogen-bond acceptors (Lipinski definition) is 3. The number of rotatable bonds is 6. The SMILES string of the molecule is COC(=O)C1=Cc2cccc(NCC34CCC(c5ccc(C6CC6)cc5)(CC3)CC4)c2CC1. The second-order valence-corrected chi connectivity index (χ2v) is 11.1.